The van der Waals surface area contributed by atoms with Gasteiger partial charge in [-0.15, -0.1) is 24.0 Å². The smallest absolute Gasteiger partial charge is 0.191 e. The maximum atomic E-state index is 5.40. The maximum absolute atomic E-state index is 5.40. The molecule has 2 N–H and O–H groups in total. The van der Waals surface area contributed by atoms with E-state index in [9.17, 15) is 0 Å². The summed E-state index contributed by atoms with van der Waals surface area (Å²) in [6.07, 6.45) is 0.840. The summed E-state index contributed by atoms with van der Waals surface area (Å²) in [5.41, 5.74) is 5.46. The first-order chi connectivity index (χ1) is 15.5. The van der Waals surface area contributed by atoms with Gasteiger partial charge >= 0.3 is 0 Å². The molecule has 0 amide bonds. The number of ether oxygens (including phenoxy) is 2. The van der Waals surface area contributed by atoms with Crippen LogP contribution in [0.25, 0.3) is 5.69 Å². The molecule has 1 heterocycles. The van der Waals surface area contributed by atoms with Gasteiger partial charge in [0, 0.05) is 18.8 Å². The quantitative estimate of drug-likeness (QED) is 0.229. The molecular formula is C25H34IN5O2. The summed E-state index contributed by atoms with van der Waals surface area (Å²) in [5.74, 6) is 2.27. The first-order valence-corrected chi connectivity index (χ1v) is 10.9. The fourth-order valence-electron chi connectivity index (χ4n) is 3.59. The second kappa shape index (κ2) is 13.1. The van der Waals surface area contributed by atoms with Crippen LogP contribution in [0, 0.1) is 13.8 Å². The second-order valence-corrected chi connectivity index (χ2v) is 7.53. The number of hydrogen-bond acceptors (Lipinski definition) is 4. The molecule has 0 aliphatic carbocycles. The van der Waals surface area contributed by atoms with Gasteiger partial charge in [-0.3, -0.25) is 0 Å². The minimum atomic E-state index is 0. The fraction of sp³-hybridized carbons (Fsp3) is 0.360. The average molecular weight is 563 g/mol. The Morgan fingerprint density at radius 1 is 1.00 bits per heavy atom. The van der Waals surface area contributed by atoms with E-state index in [0.717, 1.165) is 59.6 Å². The maximum Gasteiger partial charge on any atom is 0.191 e. The number of aromatic nitrogens is 2. The third-order valence-electron chi connectivity index (χ3n) is 5.14. The Hall–Kier alpha value is -2.75. The average Bonchev–Trinajstić information content (AvgIpc) is 3.15. The lowest BCUT2D eigenvalue weighted by Crippen LogP contribution is -2.38. The molecule has 0 aliphatic rings. The van der Waals surface area contributed by atoms with Gasteiger partial charge in [0.05, 0.1) is 32.1 Å². The first kappa shape index (κ1) is 26.5. The van der Waals surface area contributed by atoms with Crippen LogP contribution in [0.15, 0.2) is 53.5 Å². The van der Waals surface area contributed by atoms with Gasteiger partial charge in [-0.2, -0.15) is 5.10 Å². The summed E-state index contributed by atoms with van der Waals surface area (Å²) >= 11 is 0. The number of aliphatic imine (C=N–C) groups is 1. The second-order valence-electron chi connectivity index (χ2n) is 7.53. The van der Waals surface area contributed by atoms with E-state index in [1.165, 1.54) is 5.56 Å². The molecule has 0 saturated heterocycles. The van der Waals surface area contributed by atoms with Gasteiger partial charge in [-0.05, 0) is 62.6 Å². The van der Waals surface area contributed by atoms with Gasteiger partial charge in [-0.1, -0.05) is 24.3 Å². The number of nitrogens with zero attached hydrogens (tertiary/aromatic N) is 3. The molecule has 0 atom stereocenters. The van der Waals surface area contributed by atoms with E-state index in [1.54, 1.807) is 14.2 Å². The zero-order valence-electron chi connectivity index (χ0n) is 20.0. The molecule has 8 heteroatoms. The van der Waals surface area contributed by atoms with Gasteiger partial charge < -0.3 is 20.1 Å². The molecule has 3 aromatic rings. The Morgan fingerprint density at radius 2 is 1.76 bits per heavy atom. The summed E-state index contributed by atoms with van der Waals surface area (Å²) in [6, 6.07) is 16.3. The van der Waals surface area contributed by atoms with Crippen LogP contribution >= 0.6 is 24.0 Å². The molecule has 0 radical (unpaired) electrons. The highest BCUT2D eigenvalue weighted by Gasteiger charge is 2.09. The highest BCUT2D eigenvalue weighted by Crippen LogP contribution is 2.27. The van der Waals surface area contributed by atoms with Gasteiger partial charge in [-0.25, -0.2) is 9.67 Å². The lowest BCUT2D eigenvalue weighted by Gasteiger charge is -2.14. The number of para-hydroxylation sites is 1. The van der Waals surface area contributed by atoms with Crippen LogP contribution in [-0.4, -0.2) is 43.0 Å². The molecule has 0 saturated carbocycles. The molecular weight excluding hydrogens is 529 g/mol. The number of rotatable bonds is 9. The molecule has 0 bridgehead atoms. The minimum absolute atomic E-state index is 0. The molecule has 3 rings (SSSR count). The lowest BCUT2D eigenvalue weighted by molar-refractivity contribution is 0.354. The predicted molar refractivity (Wildman–Crippen MR) is 145 cm³/mol. The van der Waals surface area contributed by atoms with Crippen LogP contribution in [0.5, 0.6) is 11.5 Å². The lowest BCUT2D eigenvalue weighted by atomic mass is 10.1. The Bertz CT molecular complexity index is 1060. The highest BCUT2D eigenvalue weighted by atomic mass is 127. The molecule has 178 valence electrons. The van der Waals surface area contributed by atoms with Gasteiger partial charge in [0.25, 0.3) is 0 Å². The van der Waals surface area contributed by atoms with E-state index in [2.05, 4.69) is 53.8 Å². The fourth-order valence-corrected chi connectivity index (χ4v) is 3.59. The summed E-state index contributed by atoms with van der Waals surface area (Å²) < 4.78 is 12.7. The Balaban J connectivity index is 0.00000385. The molecule has 33 heavy (non-hydrogen) atoms. The molecule has 0 spiro atoms. The highest BCUT2D eigenvalue weighted by molar-refractivity contribution is 14.0. The van der Waals surface area contributed by atoms with E-state index in [-0.39, 0.29) is 24.0 Å². The molecule has 0 fully saturated rings. The third-order valence-corrected chi connectivity index (χ3v) is 5.14. The Labute approximate surface area is 213 Å². The Morgan fingerprint density at radius 3 is 2.42 bits per heavy atom. The van der Waals surface area contributed by atoms with Crippen molar-refractivity contribution in [2.45, 2.75) is 33.7 Å². The first-order valence-electron chi connectivity index (χ1n) is 10.9. The van der Waals surface area contributed by atoms with E-state index < -0.39 is 0 Å². The van der Waals surface area contributed by atoms with Crippen LogP contribution in [0.4, 0.5) is 0 Å². The largest absolute Gasteiger partial charge is 0.493 e. The van der Waals surface area contributed by atoms with Crippen LogP contribution < -0.4 is 20.1 Å². The number of aryl methyl sites for hydroxylation is 2. The van der Waals surface area contributed by atoms with Crippen molar-refractivity contribution in [3.8, 4) is 17.2 Å². The molecule has 0 unspecified atom stereocenters. The molecule has 7 nitrogen and oxygen atoms in total. The zero-order chi connectivity index (χ0) is 22.9. The standard InChI is InChI=1S/C25H33N5O2.HI/c1-6-26-25(27-14-13-20-11-12-23(31-4)24(16-20)32-5)28-17-21-9-7-8-10-22(21)30-19(3)15-18(2)29-30;/h7-12,15-16H,6,13-14,17H2,1-5H3,(H2,26,27,28);1H. The SMILES string of the molecule is CCNC(=NCc1ccccc1-n1nc(C)cc1C)NCCc1ccc(OC)c(OC)c1.I. The van der Waals surface area contributed by atoms with E-state index in [4.69, 9.17) is 14.5 Å². The van der Waals surface area contributed by atoms with Crippen molar-refractivity contribution in [3.05, 3.63) is 71.0 Å². The van der Waals surface area contributed by atoms with Crippen molar-refractivity contribution in [3.63, 3.8) is 0 Å². The monoisotopic (exact) mass is 563 g/mol. The Kier molecular flexibility index (Phi) is 10.5. The summed E-state index contributed by atoms with van der Waals surface area (Å²) in [6.45, 7) is 8.24. The van der Waals surface area contributed by atoms with Gasteiger partial charge in [0.2, 0.25) is 0 Å². The predicted octanol–water partition coefficient (Wildman–Crippen LogP) is 4.42. The molecule has 0 aliphatic heterocycles. The number of hydrogen-bond donors (Lipinski definition) is 2. The van der Waals surface area contributed by atoms with E-state index in [0.29, 0.717) is 6.54 Å². The van der Waals surface area contributed by atoms with Crippen LogP contribution in [0.2, 0.25) is 0 Å². The normalized spacial score (nSPS) is 11.0. The van der Waals surface area contributed by atoms with Crippen molar-refractivity contribution in [1.29, 1.82) is 0 Å². The van der Waals surface area contributed by atoms with Crippen molar-refractivity contribution < 1.29 is 9.47 Å². The van der Waals surface area contributed by atoms with Crippen molar-refractivity contribution >= 4 is 29.9 Å². The number of halogens is 1. The number of benzene rings is 2. The summed E-state index contributed by atoms with van der Waals surface area (Å²) in [7, 11) is 3.30. The summed E-state index contributed by atoms with van der Waals surface area (Å²) in [5, 5.41) is 11.4. The van der Waals surface area contributed by atoms with Gasteiger partial charge in [0.1, 0.15) is 0 Å². The zero-order valence-corrected chi connectivity index (χ0v) is 22.3. The minimum Gasteiger partial charge on any atom is -0.493 e. The van der Waals surface area contributed by atoms with Crippen LogP contribution in [0.3, 0.4) is 0 Å². The van der Waals surface area contributed by atoms with Crippen molar-refractivity contribution in [1.82, 2.24) is 20.4 Å². The van der Waals surface area contributed by atoms with Crippen molar-refractivity contribution in [2.75, 3.05) is 27.3 Å². The van der Waals surface area contributed by atoms with Gasteiger partial charge in [0.15, 0.2) is 17.5 Å². The molecule has 2 aromatic carbocycles. The number of guanidine groups is 1. The number of nitrogens with one attached hydrogen (secondary N) is 2. The van der Waals surface area contributed by atoms with E-state index in [1.807, 2.05) is 35.9 Å². The summed E-state index contributed by atoms with van der Waals surface area (Å²) in [4.78, 5) is 4.81. The van der Waals surface area contributed by atoms with Crippen LogP contribution in [0.1, 0.15) is 29.4 Å². The van der Waals surface area contributed by atoms with E-state index >= 15 is 0 Å². The third kappa shape index (κ3) is 7.12. The van der Waals surface area contributed by atoms with Crippen molar-refractivity contribution in [2.24, 2.45) is 4.99 Å². The molecule has 1 aromatic heterocycles. The van der Waals surface area contributed by atoms with Crippen LogP contribution in [-0.2, 0) is 13.0 Å². The topological polar surface area (TPSA) is 72.7 Å². The number of methoxy groups -OCH3 is 2.